The van der Waals surface area contributed by atoms with Crippen molar-refractivity contribution in [1.29, 1.82) is 0 Å². The lowest BCUT2D eigenvalue weighted by Gasteiger charge is -2.08. The average molecular weight is 233 g/mol. The third-order valence-electron chi connectivity index (χ3n) is 2.25. The van der Waals surface area contributed by atoms with E-state index >= 15 is 0 Å². The van der Waals surface area contributed by atoms with Crippen LogP contribution >= 0.6 is 0 Å². The molecular formula is C13H12FNO2. The molecule has 0 aliphatic rings. The lowest BCUT2D eigenvalue weighted by Crippen LogP contribution is -2.06. The summed E-state index contributed by atoms with van der Waals surface area (Å²) in [4.78, 5) is 0. The van der Waals surface area contributed by atoms with E-state index in [1.165, 1.54) is 6.07 Å². The van der Waals surface area contributed by atoms with Gasteiger partial charge in [-0.25, -0.2) is 9.87 Å². The molecule has 0 aliphatic carbocycles. The van der Waals surface area contributed by atoms with E-state index in [2.05, 4.69) is 0 Å². The molecule has 3 nitrogen and oxygen atoms in total. The van der Waals surface area contributed by atoms with Gasteiger partial charge in [0.25, 0.3) is 0 Å². The average Bonchev–Trinajstić information content (AvgIpc) is 2.35. The van der Waals surface area contributed by atoms with Crippen LogP contribution in [0, 0.1) is 5.82 Å². The molecule has 0 saturated heterocycles. The van der Waals surface area contributed by atoms with Gasteiger partial charge in [-0.15, -0.1) is 0 Å². The second-order valence-electron chi connectivity index (χ2n) is 3.51. The molecule has 0 amide bonds. The molecule has 0 bridgehead atoms. The maximum Gasteiger partial charge on any atom is 0.165 e. The Morgan fingerprint density at radius 1 is 1.12 bits per heavy atom. The Morgan fingerprint density at radius 3 is 2.59 bits per heavy atom. The Morgan fingerprint density at radius 2 is 1.88 bits per heavy atom. The van der Waals surface area contributed by atoms with E-state index in [0.29, 0.717) is 5.75 Å². The van der Waals surface area contributed by atoms with Gasteiger partial charge in [-0.05, 0) is 29.8 Å². The Bertz CT molecular complexity index is 488. The third kappa shape index (κ3) is 3.03. The summed E-state index contributed by atoms with van der Waals surface area (Å²) < 4.78 is 18.9. The standard InChI is InChI=1S/C13H12FNO2/c14-12-7-6-10(9-15-16)8-13(12)17-11-4-2-1-3-5-11/h1-8,15-16H,9H2. The van der Waals surface area contributed by atoms with Gasteiger partial charge in [-0.3, -0.25) is 0 Å². The number of rotatable bonds is 4. The van der Waals surface area contributed by atoms with Gasteiger partial charge in [0.05, 0.1) is 0 Å². The molecule has 2 aromatic carbocycles. The molecule has 0 heterocycles. The van der Waals surface area contributed by atoms with Crippen LogP contribution in [0.5, 0.6) is 11.5 Å². The van der Waals surface area contributed by atoms with Crippen molar-refractivity contribution in [3.63, 3.8) is 0 Å². The van der Waals surface area contributed by atoms with Crippen molar-refractivity contribution in [3.05, 3.63) is 59.9 Å². The minimum atomic E-state index is -0.435. The van der Waals surface area contributed by atoms with E-state index in [0.717, 1.165) is 5.56 Å². The first-order valence-electron chi connectivity index (χ1n) is 5.18. The van der Waals surface area contributed by atoms with Gasteiger partial charge in [0.2, 0.25) is 0 Å². The Kier molecular flexibility index (Phi) is 3.69. The second kappa shape index (κ2) is 5.43. The summed E-state index contributed by atoms with van der Waals surface area (Å²) in [7, 11) is 0. The highest BCUT2D eigenvalue weighted by Gasteiger charge is 2.05. The van der Waals surface area contributed by atoms with Crippen molar-refractivity contribution >= 4 is 0 Å². The number of hydrogen-bond donors (Lipinski definition) is 2. The highest BCUT2D eigenvalue weighted by molar-refractivity contribution is 5.35. The van der Waals surface area contributed by atoms with Gasteiger partial charge in [-0.2, -0.15) is 0 Å². The molecule has 0 aliphatic heterocycles. The van der Waals surface area contributed by atoms with Crippen LogP contribution in [0.4, 0.5) is 4.39 Å². The van der Waals surface area contributed by atoms with E-state index in [9.17, 15) is 4.39 Å². The minimum absolute atomic E-state index is 0.143. The SMILES string of the molecule is ONCc1ccc(F)c(Oc2ccccc2)c1. The highest BCUT2D eigenvalue weighted by Crippen LogP contribution is 2.25. The highest BCUT2D eigenvalue weighted by atomic mass is 19.1. The number of benzene rings is 2. The van der Waals surface area contributed by atoms with Crippen molar-refractivity contribution in [3.8, 4) is 11.5 Å². The first-order valence-corrected chi connectivity index (χ1v) is 5.18. The Labute approximate surface area is 98.4 Å². The summed E-state index contributed by atoms with van der Waals surface area (Å²) >= 11 is 0. The lowest BCUT2D eigenvalue weighted by atomic mass is 10.2. The summed E-state index contributed by atoms with van der Waals surface area (Å²) in [6, 6.07) is 13.4. The van der Waals surface area contributed by atoms with Crippen LogP contribution in [-0.4, -0.2) is 5.21 Å². The molecule has 4 heteroatoms. The fourth-order valence-corrected chi connectivity index (χ4v) is 1.44. The fraction of sp³-hybridized carbons (Fsp3) is 0.0769. The largest absolute Gasteiger partial charge is 0.454 e. The van der Waals surface area contributed by atoms with Gasteiger partial charge >= 0.3 is 0 Å². The van der Waals surface area contributed by atoms with Crippen LogP contribution in [0.3, 0.4) is 0 Å². The first-order chi connectivity index (χ1) is 8.29. The van der Waals surface area contributed by atoms with Crippen LogP contribution < -0.4 is 10.2 Å². The Balaban J connectivity index is 2.22. The van der Waals surface area contributed by atoms with Gasteiger partial charge in [-0.1, -0.05) is 24.3 Å². The number of hydrogen-bond acceptors (Lipinski definition) is 3. The van der Waals surface area contributed by atoms with Crippen LogP contribution in [0.25, 0.3) is 0 Å². The zero-order chi connectivity index (χ0) is 12.1. The first kappa shape index (κ1) is 11.6. The summed E-state index contributed by atoms with van der Waals surface area (Å²) in [6.07, 6.45) is 0. The second-order valence-corrected chi connectivity index (χ2v) is 3.51. The summed E-state index contributed by atoms with van der Waals surface area (Å²) in [5.41, 5.74) is 2.75. The molecule has 0 aromatic heterocycles. The van der Waals surface area contributed by atoms with Crippen LogP contribution in [-0.2, 0) is 6.54 Å². The number of para-hydroxylation sites is 1. The van der Waals surface area contributed by atoms with Gasteiger partial charge in [0.1, 0.15) is 5.75 Å². The Hall–Kier alpha value is -1.91. The molecule has 0 spiro atoms. The molecule has 2 rings (SSSR count). The van der Waals surface area contributed by atoms with Crippen molar-refractivity contribution in [2.24, 2.45) is 0 Å². The van der Waals surface area contributed by atoms with E-state index < -0.39 is 5.82 Å². The van der Waals surface area contributed by atoms with Crippen LogP contribution in [0.1, 0.15) is 5.56 Å². The van der Waals surface area contributed by atoms with Crippen molar-refractivity contribution < 1.29 is 14.3 Å². The summed E-state index contributed by atoms with van der Waals surface area (Å²) in [5.74, 6) is 0.278. The lowest BCUT2D eigenvalue weighted by molar-refractivity contribution is 0.161. The maximum atomic E-state index is 13.5. The predicted molar refractivity (Wildman–Crippen MR) is 61.5 cm³/mol. The van der Waals surface area contributed by atoms with E-state index in [1.54, 1.807) is 24.3 Å². The van der Waals surface area contributed by atoms with E-state index in [4.69, 9.17) is 9.94 Å². The molecule has 0 atom stereocenters. The van der Waals surface area contributed by atoms with E-state index in [1.807, 2.05) is 23.7 Å². The van der Waals surface area contributed by atoms with Crippen LogP contribution in [0.2, 0.25) is 0 Å². The quantitative estimate of drug-likeness (QED) is 0.797. The predicted octanol–water partition coefficient (Wildman–Crippen LogP) is 3.10. The van der Waals surface area contributed by atoms with E-state index in [-0.39, 0.29) is 12.3 Å². The normalized spacial score (nSPS) is 10.2. The van der Waals surface area contributed by atoms with Gasteiger partial charge in [0, 0.05) is 6.54 Å². The monoisotopic (exact) mass is 233 g/mol. The zero-order valence-electron chi connectivity index (χ0n) is 9.06. The maximum absolute atomic E-state index is 13.5. The smallest absolute Gasteiger partial charge is 0.165 e. The molecular weight excluding hydrogens is 221 g/mol. The minimum Gasteiger partial charge on any atom is -0.454 e. The van der Waals surface area contributed by atoms with Gasteiger partial charge < -0.3 is 9.94 Å². The molecule has 0 radical (unpaired) electrons. The molecule has 2 N–H and O–H groups in total. The molecule has 88 valence electrons. The third-order valence-corrected chi connectivity index (χ3v) is 2.25. The zero-order valence-corrected chi connectivity index (χ0v) is 9.06. The summed E-state index contributed by atoms with van der Waals surface area (Å²) in [6.45, 7) is 0.241. The molecule has 17 heavy (non-hydrogen) atoms. The molecule has 0 unspecified atom stereocenters. The van der Waals surface area contributed by atoms with Crippen molar-refractivity contribution in [2.75, 3.05) is 0 Å². The molecule has 2 aromatic rings. The fourth-order valence-electron chi connectivity index (χ4n) is 1.44. The molecule has 0 saturated carbocycles. The number of ether oxygens (including phenoxy) is 1. The van der Waals surface area contributed by atoms with Crippen LogP contribution in [0.15, 0.2) is 48.5 Å². The van der Waals surface area contributed by atoms with Crippen molar-refractivity contribution in [2.45, 2.75) is 6.54 Å². The number of nitrogens with one attached hydrogen (secondary N) is 1. The van der Waals surface area contributed by atoms with Gasteiger partial charge in [0.15, 0.2) is 11.6 Å². The topological polar surface area (TPSA) is 41.5 Å². The number of halogens is 1. The van der Waals surface area contributed by atoms with Crippen molar-refractivity contribution in [1.82, 2.24) is 5.48 Å². The number of hydroxylamine groups is 1. The summed E-state index contributed by atoms with van der Waals surface area (Å²) in [5, 5.41) is 8.59. The molecule has 0 fully saturated rings.